The Morgan fingerprint density at radius 1 is 1.03 bits per heavy atom. The van der Waals surface area contributed by atoms with Crippen LogP contribution in [0.3, 0.4) is 0 Å². The molecule has 2 aromatic rings. The zero-order chi connectivity index (χ0) is 23.3. The number of carbonyl (C=O) groups is 1. The van der Waals surface area contributed by atoms with Crippen molar-refractivity contribution in [2.45, 2.75) is 23.4 Å². The highest BCUT2D eigenvalue weighted by molar-refractivity contribution is 7.89. The number of amides is 1. The molecule has 2 aromatic carbocycles. The fourth-order valence-electron chi connectivity index (χ4n) is 3.99. The van der Waals surface area contributed by atoms with Crippen molar-refractivity contribution in [2.75, 3.05) is 26.2 Å². The average Bonchev–Trinajstić information content (AvgIpc) is 3.53. The normalized spacial score (nSPS) is 22.1. The maximum absolute atomic E-state index is 14.0. The van der Waals surface area contributed by atoms with Gasteiger partial charge >= 0.3 is 6.18 Å². The van der Waals surface area contributed by atoms with Crippen LogP contribution in [0, 0.1) is 11.7 Å². The van der Waals surface area contributed by atoms with Crippen molar-refractivity contribution in [1.29, 1.82) is 0 Å². The molecule has 2 fully saturated rings. The van der Waals surface area contributed by atoms with Gasteiger partial charge in [0.25, 0.3) is 0 Å². The maximum Gasteiger partial charge on any atom is 0.416 e. The van der Waals surface area contributed by atoms with E-state index in [1.165, 1.54) is 11.0 Å². The van der Waals surface area contributed by atoms with Crippen LogP contribution in [-0.4, -0.2) is 49.7 Å². The molecule has 2 atom stereocenters. The lowest BCUT2D eigenvalue weighted by Crippen LogP contribution is -2.51. The predicted molar refractivity (Wildman–Crippen MR) is 109 cm³/mol. The molecule has 5 nitrogen and oxygen atoms in total. The van der Waals surface area contributed by atoms with Gasteiger partial charge < -0.3 is 4.90 Å². The summed E-state index contributed by atoms with van der Waals surface area (Å²) in [5.74, 6) is -1.09. The Morgan fingerprint density at radius 3 is 2.31 bits per heavy atom. The van der Waals surface area contributed by atoms with Crippen LogP contribution in [0.15, 0.2) is 47.4 Å². The highest BCUT2D eigenvalue weighted by atomic mass is 35.5. The molecule has 172 valence electrons. The summed E-state index contributed by atoms with van der Waals surface area (Å²) < 4.78 is 79.8. The van der Waals surface area contributed by atoms with Crippen LogP contribution in [0.1, 0.15) is 23.5 Å². The van der Waals surface area contributed by atoms with E-state index in [0.717, 1.165) is 16.4 Å². The van der Waals surface area contributed by atoms with E-state index >= 15 is 0 Å². The third-order valence-electron chi connectivity index (χ3n) is 5.84. The largest absolute Gasteiger partial charge is 0.416 e. The second kappa shape index (κ2) is 8.31. The van der Waals surface area contributed by atoms with Crippen LogP contribution >= 0.6 is 11.6 Å². The van der Waals surface area contributed by atoms with Gasteiger partial charge in [0.2, 0.25) is 15.9 Å². The summed E-state index contributed by atoms with van der Waals surface area (Å²) in [7, 11) is -4.27. The molecule has 1 saturated heterocycles. The van der Waals surface area contributed by atoms with Crippen molar-refractivity contribution in [1.82, 2.24) is 9.21 Å². The molecule has 11 heteroatoms. The van der Waals surface area contributed by atoms with E-state index in [1.807, 2.05) is 0 Å². The van der Waals surface area contributed by atoms with Gasteiger partial charge in [0.15, 0.2) is 0 Å². The summed E-state index contributed by atoms with van der Waals surface area (Å²) in [5, 5.41) is -0.304. The molecule has 1 aliphatic heterocycles. The molecule has 4 rings (SSSR count). The summed E-state index contributed by atoms with van der Waals surface area (Å²) in [6.07, 6.45) is -4.18. The molecule has 0 radical (unpaired) electrons. The number of halogens is 5. The van der Waals surface area contributed by atoms with Gasteiger partial charge in [-0.25, -0.2) is 12.8 Å². The monoisotopic (exact) mass is 490 g/mol. The van der Waals surface area contributed by atoms with Crippen LogP contribution in [-0.2, 0) is 21.0 Å². The average molecular weight is 491 g/mol. The summed E-state index contributed by atoms with van der Waals surface area (Å²) in [4.78, 5) is 13.7. The Hall–Kier alpha value is -2.17. The quantitative estimate of drug-likeness (QED) is 0.605. The van der Waals surface area contributed by atoms with Gasteiger partial charge in [0.1, 0.15) is 10.7 Å². The summed E-state index contributed by atoms with van der Waals surface area (Å²) >= 11 is 5.90. The molecule has 0 aromatic heterocycles. The molecule has 1 heterocycles. The van der Waals surface area contributed by atoms with Gasteiger partial charge in [-0.3, -0.25) is 4.79 Å². The van der Waals surface area contributed by atoms with E-state index in [1.54, 1.807) is 18.2 Å². The first-order valence-corrected chi connectivity index (χ1v) is 11.7. The number of nitrogens with zero attached hydrogens (tertiary/aromatic N) is 2. The van der Waals surface area contributed by atoms with E-state index in [0.29, 0.717) is 18.1 Å². The van der Waals surface area contributed by atoms with E-state index in [9.17, 15) is 30.8 Å². The Balaban J connectivity index is 1.43. The third-order valence-corrected chi connectivity index (χ3v) is 8.22. The smallest absolute Gasteiger partial charge is 0.340 e. The molecular weight excluding hydrogens is 472 g/mol. The van der Waals surface area contributed by atoms with Gasteiger partial charge in [-0.15, -0.1) is 0 Å². The molecular formula is C21H19ClF4N2O3S. The molecule has 0 spiro atoms. The van der Waals surface area contributed by atoms with Crippen molar-refractivity contribution >= 4 is 27.5 Å². The summed E-state index contributed by atoms with van der Waals surface area (Å²) in [5.41, 5.74) is -0.617. The highest BCUT2D eigenvalue weighted by Crippen LogP contribution is 2.49. The maximum atomic E-state index is 14.0. The first-order chi connectivity index (χ1) is 15.0. The van der Waals surface area contributed by atoms with Crippen molar-refractivity contribution in [3.05, 3.63) is 64.4 Å². The number of hydrogen-bond acceptors (Lipinski definition) is 3. The Morgan fingerprint density at radius 2 is 1.69 bits per heavy atom. The van der Waals surface area contributed by atoms with Gasteiger partial charge in [0, 0.05) is 32.1 Å². The minimum Gasteiger partial charge on any atom is -0.340 e. The van der Waals surface area contributed by atoms with Crippen molar-refractivity contribution in [3.63, 3.8) is 0 Å². The topological polar surface area (TPSA) is 57.7 Å². The number of carbonyl (C=O) groups excluding carboxylic acids is 1. The SMILES string of the molecule is O=C(C1CC1c1ccccc1F)N1CCN(S(=O)(=O)c2cc(C(F)(F)F)ccc2Cl)CC1. The standard InChI is InChI=1S/C21H19ClF4N2O3S/c22-17-6-5-13(21(24,25)26)11-19(17)32(30,31)28-9-7-27(8-10-28)20(29)16-12-15(16)14-3-1-2-4-18(14)23/h1-6,11,15-16H,7-10,12H2. The lowest BCUT2D eigenvalue weighted by Gasteiger charge is -2.34. The molecule has 32 heavy (non-hydrogen) atoms. The van der Waals surface area contributed by atoms with Crippen LogP contribution in [0.4, 0.5) is 17.6 Å². The van der Waals surface area contributed by atoms with Crippen LogP contribution in [0.25, 0.3) is 0 Å². The Labute approximate surface area is 187 Å². The first-order valence-electron chi connectivity index (χ1n) is 9.90. The fourth-order valence-corrected chi connectivity index (χ4v) is 5.91. The van der Waals surface area contributed by atoms with Crippen molar-refractivity contribution in [2.24, 2.45) is 5.92 Å². The Kier molecular flexibility index (Phi) is 5.98. The van der Waals surface area contributed by atoms with Crippen LogP contribution in [0.5, 0.6) is 0 Å². The molecule has 0 N–H and O–H groups in total. The van der Waals surface area contributed by atoms with Crippen molar-refractivity contribution in [3.8, 4) is 0 Å². The van der Waals surface area contributed by atoms with Crippen LogP contribution < -0.4 is 0 Å². The molecule has 2 unspecified atom stereocenters. The van der Waals surface area contributed by atoms with E-state index < -0.39 is 26.7 Å². The van der Waals surface area contributed by atoms with Gasteiger partial charge in [0.05, 0.1) is 10.6 Å². The molecule has 1 saturated carbocycles. The van der Waals surface area contributed by atoms with E-state index in [2.05, 4.69) is 0 Å². The van der Waals surface area contributed by atoms with Crippen molar-refractivity contribution < 1.29 is 30.8 Å². The van der Waals surface area contributed by atoms with E-state index in [-0.39, 0.29) is 54.8 Å². The Bertz CT molecular complexity index is 1150. The van der Waals surface area contributed by atoms with Crippen LogP contribution in [0.2, 0.25) is 5.02 Å². The number of piperazine rings is 1. The van der Waals surface area contributed by atoms with Gasteiger partial charge in [-0.05, 0) is 42.2 Å². The van der Waals surface area contributed by atoms with E-state index in [4.69, 9.17) is 11.6 Å². The molecule has 2 aliphatic rings. The zero-order valence-corrected chi connectivity index (χ0v) is 18.2. The van der Waals surface area contributed by atoms with Gasteiger partial charge in [-0.1, -0.05) is 29.8 Å². The fraction of sp³-hybridized carbons (Fsp3) is 0.381. The number of rotatable bonds is 4. The molecule has 0 bridgehead atoms. The minimum atomic E-state index is -4.71. The molecule has 1 amide bonds. The number of sulfonamides is 1. The van der Waals surface area contributed by atoms with Gasteiger partial charge in [-0.2, -0.15) is 17.5 Å². The number of benzene rings is 2. The summed E-state index contributed by atoms with van der Waals surface area (Å²) in [6.45, 7) is 0.0414. The second-order valence-corrected chi connectivity index (χ2v) is 10.2. The minimum absolute atomic E-state index is 0.0717. The summed E-state index contributed by atoms with van der Waals surface area (Å²) in [6, 6.07) is 8.44. The third kappa shape index (κ3) is 4.35. The lowest BCUT2D eigenvalue weighted by molar-refractivity contribution is -0.137. The number of alkyl halides is 3. The molecule has 1 aliphatic carbocycles. The second-order valence-electron chi connectivity index (χ2n) is 7.84. The first kappa shape index (κ1) is 23.0. The lowest BCUT2D eigenvalue weighted by atomic mass is 10.1. The predicted octanol–water partition coefficient (Wildman–Crippen LogP) is 4.13. The zero-order valence-electron chi connectivity index (χ0n) is 16.6. The number of hydrogen-bond donors (Lipinski definition) is 0. The highest BCUT2D eigenvalue weighted by Gasteiger charge is 2.47.